The molecule has 8 nitrogen and oxygen atoms in total. The van der Waals surface area contributed by atoms with Crippen molar-refractivity contribution < 1.29 is 14.3 Å². The number of aryl methyl sites for hydroxylation is 1. The Bertz CT molecular complexity index is 1120. The summed E-state index contributed by atoms with van der Waals surface area (Å²) in [6.45, 7) is 3.38. The van der Waals surface area contributed by atoms with Gasteiger partial charge in [-0.25, -0.2) is 0 Å². The smallest absolute Gasteiger partial charge is 0.262 e. The fraction of sp³-hybridized carbons (Fsp3) is 0.364. The van der Waals surface area contributed by atoms with Gasteiger partial charge in [-0.2, -0.15) is 10.3 Å². The molecule has 0 spiro atoms. The molecule has 2 N–H and O–H groups in total. The number of carbonyl (C=O) groups is 2. The number of halogens is 1. The van der Waals surface area contributed by atoms with Gasteiger partial charge in [0.05, 0.1) is 15.3 Å². The van der Waals surface area contributed by atoms with E-state index in [9.17, 15) is 9.59 Å². The first-order valence-corrected chi connectivity index (χ1v) is 11.8. The van der Waals surface area contributed by atoms with Gasteiger partial charge in [0.25, 0.3) is 5.91 Å². The van der Waals surface area contributed by atoms with Gasteiger partial charge >= 0.3 is 0 Å². The van der Waals surface area contributed by atoms with Crippen LogP contribution in [0.25, 0.3) is 0 Å². The highest BCUT2D eigenvalue weighted by Gasteiger charge is 2.45. The number of amides is 2. The fourth-order valence-electron chi connectivity index (χ4n) is 3.88. The molecular weight excluding hydrogens is 494 g/mol. The number of hydrogen-bond acceptors (Lipinski definition) is 6. The summed E-state index contributed by atoms with van der Waals surface area (Å²) in [4.78, 5) is 32.1. The second-order valence-electron chi connectivity index (χ2n) is 7.78. The van der Waals surface area contributed by atoms with Gasteiger partial charge < -0.3 is 20.3 Å². The van der Waals surface area contributed by atoms with E-state index >= 15 is 0 Å². The summed E-state index contributed by atoms with van der Waals surface area (Å²) in [6.07, 6.45) is 3.93. The van der Waals surface area contributed by atoms with Gasteiger partial charge in [-0.3, -0.25) is 9.59 Å². The van der Waals surface area contributed by atoms with Crippen molar-refractivity contribution in [3.63, 3.8) is 0 Å². The van der Waals surface area contributed by atoms with Crippen LogP contribution in [0.4, 0.5) is 11.4 Å². The summed E-state index contributed by atoms with van der Waals surface area (Å²) in [5, 5.41) is 14.9. The molecule has 2 fully saturated rings. The van der Waals surface area contributed by atoms with Crippen LogP contribution in [-0.4, -0.2) is 42.9 Å². The summed E-state index contributed by atoms with van der Waals surface area (Å²) in [5.41, 5.74) is 1.61. The number of anilines is 2. The maximum Gasteiger partial charge on any atom is 0.262 e. The van der Waals surface area contributed by atoms with E-state index in [0.29, 0.717) is 42.4 Å². The van der Waals surface area contributed by atoms with Crippen LogP contribution in [0, 0.1) is 18.4 Å². The molecule has 2 aromatic rings. The Balaban J connectivity index is 1.48. The predicted octanol–water partition coefficient (Wildman–Crippen LogP) is 3.83. The zero-order chi connectivity index (χ0) is 22.7. The van der Waals surface area contributed by atoms with Crippen molar-refractivity contribution in [2.75, 3.05) is 30.0 Å². The summed E-state index contributed by atoms with van der Waals surface area (Å²) in [6, 6.07) is 9.17. The molecule has 1 aromatic carbocycles. The summed E-state index contributed by atoms with van der Waals surface area (Å²) in [7, 11) is 0. The Morgan fingerprint density at radius 3 is 2.75 bits per heavy atom. The van der Waals surface area contributed by atoms with E-state index in [1.807, 2.05) is 42.3 Å². The third-order valence-corrected chi connectivity index (χ3v) is 7.34. The molecular formula is C22H22BrN5O3S. The quantitative estimate of drug-likeness (QED) is 0.588. The Hall–Kier alpha value is -2.74. The van der Waals surface area contributed by atoms with E-state index in [0.717, 1.165) is 21.5 Å². The highest BCUT2D eigenvalue weighted by atomic mass is 79.9. The number of amidine groups is 1. The average Bonchev–Trinajstić information content (AvgIpc) is 3.18. The number of nitrogens with one attached hydrogen (secondary N) is 2. The largest absolute Gasteiger partial charge is 0.372 e. The highest BCUT2D eigenvalue weighted by molar-refractivity contribution is 9.11. The number of hydrogen-bond donors (Lipinski definition) is 2. The van der Waals surface area contributed by atoms with Gasteiger partial charge in [-0.1, -0.05) is 0 Å². The molecule has 0 radical (unpaired) electrons. The first-order chi connectivity index (χ1) is 15.4. The maximum atomic E-state index is 13.1. The van der Waals surface area contributed by atoms with Crippen LogP contribution in [0.5, 0.6) is 0 Å². The third-order valence-electron chi connectivity index (χ3n) is 5.72. The highest BCUT2D eigenvalue weighted by Crippen LogP contribution is 2.35. The van der Waals surface area contributed by atoms with Crippen molar-refractivity contribution >= 4 is 56.3 Å². The average molecular weight is 516 g/mol. The van der Waals surface area contributed by atoms with Crippen LogP contribution < -0.4 is 15.5 Å². The molecule has 10 heteroatoms. The number of thiophene rings is 1. The lowest BCUT2D eigenvalue weighted by atomic mass is 9.75. The second-order valence-corrected chi connectivity index (χ2v) is 10.2. The zero-order valence-electron chi connectivity index (χ0n) is 17.5. The molecule has 0 bridgehead atoms. The van der Waals surface area contributed by atoms with Crippen LogP contribution in [-0.2, 0) is 9.53 Å². The Morgan fingerprint density at radius 2 is 2.12 bits per heavy atom. The van der Waals surface area contributed by atoms with Crippen LogP contribution >= 0.6 is 27.3 Å². The van der Waals surface area contributed by atoms with Crippen molar-refractivity contribution in [1.82, 2.24) is 5.32 Å². The lowest BCUT2D eigenvalue weighted by Gasteiger charge is -2.40. The molecule has 166 valence electrons. The first-order valence-electron chi connectivity index (χ1n) is 10.2. The van der Waals surface area contributed by atoms with E-state index < -0.39 is 5.54 Å². The fourth-order valence-corrected chi connectivity index (χ4v) is 5.16. The topological polar surface area (TPSA) is 107 Å². The number of nitrogens with zero attached hydrogens (tertiary/aromatic N) is 3. The molecule has 2 heterocycles. The lowest BCUT2D eigenvalue weighted by Crippen LogP contribution is -2.61. The second kappa shape index (κ2) is 9.40. The molecule has 32 heavy (non-hydrogen) atoms. The van der Waals surface area contributed by atoms with Gasteiger partial charge in [0, 0.05) is 17.9 Å². The third kappa shape index (κ3) is 4.55. The Morgan fingerprint density at radius 1 is 1.31 bits per heavy atom. The minimum absolute atomic E-state index is 0.210. The minimum atomic E-state index is -0.892. The molecule has 0 atom stereocenters. The summed E-state index contributed by atoms with van der Waals surface area (Å²) in [5.74, 6) is 0.117. The number of ether oxygens (including phenoxy) is 1. The minimum Gasteiger partial charge on any atom is -0.372 e. The van der Waals surface area contributed by atoms with Crippen LogP contribution in [0.1, 0.15) is 34.5 Å². The van der Waals surface area contributed by atoms with Gasteiger partial charge in [-0.15, -0.1) is 11.3 Å². The number of carbonyl (C=O) groups excluding carboxylic acids is 2. The van der Waals surface area contributed by atoms with Gasteiger partial charge in [0.15, 0.2) is 0 Å². The molecule has 2 amide bonds. The molecule has 1 aliphatic heterocycles. The first kappa shape index (κ1) is 22.5. The monoisotopic (exact) mass is 515 g/mol. The number of benzene rings is 1. The van der Waals surface area contributed by atoms with E-state index in [4.69, 9.17) is 10.00 Å². The molecule has 1 saturated heterocycles. The van der Waals surface area contributed by atoms with Crippen LogP contribution in [0.3, 0.4) is 0 Å². The molecule has 1 aromatic heterocycles. The Kier molecular flexibility index (Phi) is 6.60. The number of morpholine rings is 1. The summed E-state index contributed by atoms with van der Waals surface area (Å²) >= 11 is 4.70. The normalized spacial score (nSPS) is 18.5. The van der Waals surface area contributed by atoms with Crippen molar-refractivity contribution in [3.8, 4) is 6.19 Å². The van der Waals surface area contributed by atoms with Crippen molar-refractivity contribution in [1.29, 1.82) is 5.26 Å². The standard InChI is InChI=1S/C22H22BrN5O3S/c1-14-11-15(3-4-16(14)28-9-10-31-12-19(28)25-13-24)26-21(30)22(7-2-8-22)27-20(29)17-5-6-18(23)32-17/h3-6,11H,2,7-10,12H2,1H3,(H,26,30)(H,27,29). The van der Waals surface area contributed by atoms with E-state index in [1.54, 1.807) is 6.07 Å². The molecule has 1 aliphatic carbocycles. The van der Waals surface area contributed by atoms with Crippen molar-refractivity contribution in [3.05, 3.63) is 44.6 Å². The zero-order valence-corrected chi connectivity index (χ0v) is 19.9. The molecule has 4 rings (SSSR count). The molecule has 1 saturated carbocycles. The van der Waals surface area contributed by atoms with E-state index in [-0.39, 0.29) is 18.4 Å². The number of nitriles is 1. The lowest BCUT2D eigenvalue weighted by molar-refractivity contribution is -0.125. The van der Waals surface area contributed by atoms with Gasteiger partial charge in [0.2, 0.25) is 12.1 Å². The van der Waals surface area contributed by atoms with Gasteiger partial charge in [0.1, 0.15) is 18.0 Å². The van der Waals surface area contributed by atoms with E-state index in [1.165, 1.54) is 11.3 Å². The molecule has 2 aliphatic rings. The van der Waals surface area contributed by atoms with Crippen molar-refractivity contribution in [2.24, 2.45) is 4.99 Å². The number of aliphatic imine (C=N–C) groups is 1. The Labute approximate surface area is 198 Å². The van der Waals surface area contributed by atoms with Gasteiger partial charge in [-0.05, 0) is 78.0 Å². The predicted molar refractivity (Wildman–Crippen MR) is 127 cm³/mol. The summed E-state index contributed by atoms with van der Waals surface area (Å²) < 4.78 is 6.28. The maximum absolute atomic E-state index is 13.1. The number of rotatable bonds is 5. The molecule has 0 unspecified atom stereocenters. The van der Waals surface area contributed by atoms with E-state index in [2.05, 4.69) is 31.6 Å². The van der Waals surface area contributed by atoms with Crippen LogP contribution in [0.2, 0.25) is 0 Å². The van der Waals surface area contributed by atoms with Crippen molar-refractivity contribution in [2.45, 2.75) is 31.7 Å². The SMILES string of the molecule is Cc1cc(NC(=O)C2(NC(=O)c3ccc(Br)s3)CCC2)ccc1N1CCOCC1=NC#N. The van der Waals surface area contributed by atoms with Crippen LogP contribution in [0.15, 0.2) is 39.1 Å².